The van der Waals surface area contributed by atoms with Crippen LogP contribution in [0.15, 0.2) is 84.1 Å². The van der Waals surface area contributed by atoms with Gasteiger partial charge in [0.1, 0.15) is 11.6 Å². The number of hydrogen-bond acceptors (Lipinski definition) is 5. The van der Waals surface area contributed by atoms with E-state index in [1.807, 2.05) is 42.9 Å². The second-order valence-electron chi connectivity index (χ2n) is 9.52. The van der Waals surface area contributed by atoms with Gasteiger partial charge in [0.25, 0.3) is 0 Å². The van der Waals surface area contributed by atoms with Crippen LogP contribution in [0.1, 0.15) is 29.8 Å². The van der Waals surface area contributed by atoms with E-state index in [1.54, 1.807) is 16.4 Å². The van der Waals surface area contributed by atoms with Gasteiger partial charge in [0.2, 0.25) is 10.0 Å². The summed E-state index contributed by atoms with van der Waals surface area (Å²) in [6.45, 7) is 2.02. The molecule has 2 aliphatic heterocycles. The van der Waals surface area contributed by atoms with E-state index < -0.39 is 10.0 Å². The van der Waals surface area contributed by atoms with Crippen molar-refractivity contribution in [1.29, 1.82) is 0 Å². The second-order valence-corrected chi connectivity index (χ2v) is 11.5. The molecular formula is C28H29N5O2S. The third kappa shape index (κ3) is 4.42. The normalized spacial score (nSPS) is 17.7. The number of aromatic nitrogens is 3. The fourth-order valence-electron chi connectivity index (χ4n) is 5.27. The highest BCUT2D eigenvalue weighted by Gasteiger charge is 2.28. The molecule has 1 fully saturated rings. The number of fused-ring (bicyclic) bond motifs is 1. The Morgan fingerprint density at radius 2 is 1.69 bits per heavy atom. The lowest BCUT2D eigenvalue weighted by atomic mass is 9.99. The van der Waals surface area contributed by atoms with Crippen LogP contribution in [-0.4, -0.2) is 46.4 Å². The van der Waals surface area contributed by atoms with Crippen LogP contribution in [0.3, 0.4) is 0 Å². The van der Waals surface area contributed by atoms with Crippen molar-refractivity contribution in [2.45, 2.75) is 43.2 Å². The molecule has 7 nitrogen and oxygen atoms in total. The highest BCUT2D eigenvalue weighted by Crippen LogP contribution is 2.34. The summed E-state index contributed by atoms with van der Waals surface area (Å²) in [7, 11) is -3.41. The first-order valence-corrected chi connectivity index (χ1v) is 13.9. The standard InChI is InChI=1S/C28H29N5O2S/c34-36(35,33-15-4-5-16-33)24-10-8-22(9-11-24)25-12-13-30-28-26(25)19-23(31-28)20-32-17-14-29-27(32)18-21-6-2-1-3-7-21/h1-3,6-14,17,23H,4-5,15-16,18-20H2,(H,30,31). The fourth-order valence-corrected chi connectivity index (χ4v) is 6.79. The average Bonchev–Trinajstić information content (AvgIpc) is 3.67. The predicted molar refractivity (Wildman–Crippen MR) is 140 cm³/mol. The highest BCUT2D eigenvalue weighted by molar-refractivity contribution is 7.89. The maximum atomic E-state index is 12.9. The van der Waals surface area contributed by atoms with E-state index in [4.69, 9.17) is 0 Å². The number of nitrogens with zero attached hydrogens (tertiary/aromatic N) is 4. The quantitative estimate of drug-likeness (QED) is 0.409. The van der Waals surface area contributed by atoms with Crippen LogP contribution in [0, 0.1) is 0 Å². The van der Waals surface area contributed by atoms with Crippen molar-refractivity contribution < 1.29 is 8.42 Å². The van der Waals surface area contributed by atoms with Gasteiger partial charge in [-0.1, -0.05) is 42.5 Å². The molecular weight excluding hydrogens is 470 g/mol. The molecule has 0 spiro atoms. The second kappa shape index (κ2) is 9.52. The van der Waals surface area contributed by atoms with Crippen molar-refractivity contribution in [2.24, 2.45) is 0 Å². The molecule has 4 heterocycles. The predicted octanol–water partition coefficient (Wildman–Crippen LogP) is 4.36. The number of rotatable bonds is 7. The summed E-state index contributed by atoms with van der Waals surface area (Å²) in [6, 6.07) is 19.9. The first-order chi connectivity index (χ1) is 17.6. The Kier molecular flexibility index (Phi) is 6.07. The molecule has 0 aliphatic carbocycles. The first kappa shape index (κ1) is 22.9. The molecule has 0 amide bonds. The van der Waals surface area contributed by atoms with Crippen molar-refractivity contribution in [3.8, 4) is 11.1 Å². The average molecular weight is 500 g/mol. The van der Waals surface area contributed by atoms with E-state index in [0.29, 0.717) is 18.0 Å². The van der Waals surface area contributed by atoms with Crippen molar-refractivity contribution >= 4 is 15.8 Å². The highest BCUT2D eigenvalue weighted by atomic mass is 32.2. The number of pyridine rings is 1. The Hall–Kier alpha value is -3.49. The van der Waals surface area contributed by atoms with Crippen LogP contribution in [-0.2, 0) is 29.4 Å². The number of imidazole rings is 1. The van der Waals surface area contributed by atoms with Crippen molar-refractivity contribution in [2.75, 3.05) is 18.4 Å². The lowest BCUT2D eigenvalue weighted by Crippen LogP contribution is -2.27. The van der Waals surface area contributed by atoms with Crippen LogP contribution in [0.25, 0.3) is 11.1 Å². The topological polar surface area (TPSA) is 80.1 Å². The summed E-state index contributed by atoms with van der Waals surface area (Å²) in [5.74, 6) is 1.94. The van der Waals surface area contributed by atoms with Crippen LogP contribution in [0.5, 0.6) is 0 Å². The molecule has 1 N–H and O–H groups in total. The molecule has 1 atom stereocenters. The first-order valence-electron chi connectivity index (χ1n) is 12.5. The van der Waals surface area contributed by atoms with Crippen LogP contribution >= 0.6 is 0 Å². The summed E-state index contributed by atoms with van der Waals surface area (Å²) in [5.41, 5.74) is 4.51. The Balaban J connectivity index is 1.19. The lowest BCUT2D eigenvalue weighted by Gasteiger charge is -2.16. The monoisotopic (exact) mass is 499 g/mol. The maximum absolute atomic E-state index is 12.9. The summed E-state index contributed by atoms with van der Waals surface area (Å²) in [5, 5.41) is 3.58. The van der Waals surface area contributed by atoms with Gasteiger partial charge in [-0.2, -0.15) is 4.31 Å². The Morgan fingerprint density at radius 1 is 0.917 bits per heavy atom. The number of hydrogen-bond donors (Lipinski definition) is 1. The van der Waals surface area contributed by atoms with Gasteiger partial charge in [0, 0.05) is 56.3 Å². The molecule has 8 heteroatoms. The Bertz CT molecular complexity index is 1460. The Morgan fingerprint density at radius 3 is 2.47 bits per heavy atom. The number of benzene rings is 2. The lowest BCUT2D eigenvalue weighted by molar-refractivity contribution is 0.477. The van der Waals surface area contributed by atoms with Crippen molar-refractivity contribution in [3.05, 3.63) is 96.2 Å². The van der Waals surface area contributed by atoms with E-state index in [0.717, 1.165) is 55.0 Å². The van der Waals surface area contributed by atoms with Crippen LogP contribution in [0.4, 0.5) is 5.82 Å². The number of anilines is 1. The van der Waals surface area contributed by atoms with Gasteiger partial charge in [-0.15, -0.1) is 0 Å². The molecule has 1 saturated heterocycles. The molecule has 184 valence electrons. The third-order valence-electron chi connectivity index (χ3n) is 7.14. The summed E-state index contributed by atoms with van der Waals surface area (Å²) >= 11 is 0. The Labute approximate surface area is 211 Å². The van der Waals surface area contributed by atoms with Gasteiger partial charge >= 0.3 is 0 Å². The minimum Gasteiger partial charge on any atom is -0.365 e. The van der Waals surface area contributed by atoms with Gasteiger partial charge in [-0.3, -0.25) is 0 Å². The molecule has 0 radical (unpaired) electrons. The smallest absolute Gasteiger partial charge is 0.243 e. The van der Waals surface area contributed by atoms with Gasteiger partial charge < -0.3 is 9.88 Å². The molecule has 36 heavy (non-hydrogen) atoms. The SMILES string of the molecule is O=S(=O)(c1ccc(-c2ccnc3c2CC(Cn2ccnc2Cc2ccccc2)N3)cc1)N1CCCC1. The minimum atomic E-state index is -3.41. The molecule has 2 aromatic carbocycles. The molecule has 6 rings (SSSR count). The van der Waals surface area contributed by atoms with E-state index in [-0.39, 0.29) is 6.04 Å². The number of nitrogens with one attached hydrogen (secondary N) is 1. The van der Waals surface area contributed by atoms with Crippen LogP contribution in [0.2, 0.25) is 0 Å². The van der Waals surface area contributed by atoms with Gasteiger partial charge in [0.15, 0.2) is 0 Å². The summed E-state index contributed by atoms with van der Waals surface area (Å²) < 4.78 is 29.6. The molecule has 0 saturated carbocycles. The third-order valence-corrected chi connectivity index (χ3v) is 9.05. The zero-order valence-corrected chi connectivity index (χ0v) is 20.9. The van der Waals surface area contributed by atoms with Crippen LogP contribution < -0.4 is 5.32 Å². The maximum Gasteiger partial charge on any atom is 0.243 e. The minimum absolute atomic E-state index is 0.201. The van der Waals surface area contributed by atoms with Crippen molar-refractivity contribution in [3.63, 3.8) is 0 Å². The molecule has 2 aliphatic rings. The van der Waals surface area contributed by atoms with E-state index in [2.05, 4.69) is 44.1 Å². The van der Waals surface area contributed by atoms with Gasteiger partial charge in [-0.25, -0.2) is 18.4 Å². The van der Waals surface area contributed by atoms with E-state index in [1.165, 1.54) is 11.1 Å². The fraction of sp³-hybridized carbons (Fsp3) is 0.286. The van der Waals surface area contributed by atoms with Gasteiger partial charge in [0.05, 0.1) is 4.90 Å². The molecule has 0 bridgehead atoms. The summed E-state index contributed by atoms with van der Waals surface area (Å²) in [4.78, 5) is 9.54. The molecule has 1 unspecified atom stereocenters. The van der Waals surface area contributed by atoms with E-state index >= 15 is 0 Å². The molecule has 2 aromatic heterocycles. The zero-order valence-electron chi connectivity index (χ0n) is 20.0. The molecule has 4 aromatic rings. The number of sulfonamides is 1. The van der Waals surface area contributed by atoms with Gasteiger partial charge in [-0.05, 0) is 54.2 Å². The summed E-state index contributed by atoms with van der Waals surface area (Å²) in [6.07, 6.45) is 9.22. The van der Waals surface area contributed by atoms with Crippen molar-refractivity contribution in [1.82, 2.24) is 18.8 Å². The zero-order chi connectivity index (χ0) is 24.5. The largest absolute Gasteiger partial charge is 0.365 e. The van der Waals surface area contributed by atoms with E-state index in [9.17, 15) is 8.42 Å².